The van der Waals surface area contributed by atoms with E-state index in [0.29, 0.717) is 10.3 Å². The Balaban J connectivity index is 1.83. The topological polar surface area (TPSA) is 102 Å². The predicted molar refractivity (Wildman–Crippen MR) is 84.1 cm³/mol. The summed E-state index contributed by atoms with van der Waals surface area (Å²) in [5, 5.41) is 13.5. The number of carbonyl (C=O) groups is 1. The number of carbonyl (C=O) groups excluding carboxylic acids is 1. The van der Waals surface area contributed by atoms with Crippen LogP contribution in [0.3, 0.4) is 0 Å². The molecule has 0 saturated carbocycles. The smallest absolute Gasteiger partial charge is 0.251 e. The number of rotatable bonds is 6. The van der Waals surface area contributed by atoms with Crippen molar-refractivity contribution in [3.8, 4) is 0 Å². The quantitative estimate of drug-likeness (QED) is 0.451. The molecule has 1 amide bonds. The van der Waals surface area contributed by atoms with Gasteiger partial charge in [0.2, 0.25) is 10.0 Å². The fourth-order valence-electron chi connectivity index (χ4n) is 1.83. The van der Waals surface area contributed by atoms with Gasteiger partial charge in [0.05, 0.1) is 10.5 Å². The van der Waals surface area contributed by atoms with Crippen LogP contribution in [0, 0.1) is 12.1 Å². The number of aromatic nitrogens is 1. The minimum absolute atomic E-state index is 0.0658. The van der Waals surface area contributed by atoms with Crippen molar-refractivity contribution in [3.63, 3.8) is 0 Å². The van der Waals surface area contributed by atoms with Gasteiger partial charge in [-0.1, -0.05) is 17.7 Å². The first kappa shape index (κ1) is 16.9. The van der Waals surface area contributed by atoms with Gasteiger partial charge in [-0.15, -0.1) is 0 Å². The van der Waals surface area contributed by atoms with Gasteiger partial charge in [-0.3, -0.25) is 4.79 Å². The van der Waals surface area contributed by atoms with Crippen molar-refractivity contribution in [3.05, 3.63) is 65.1 Å². The van der Waals surface area contributed by atoms with Crippen molar-refractivity contribution in [1.29, 1.82) is 0 Å². The molecular weight excluding hydrogens is 318 g/mol. The van der Waals surface area contributed by atoms with E-state index in [2.05, 4.69) is 10.0 Å². The number of sulfonamides is 1. The average molecular weight is 335 g/mol. The maximum absolute atomic E-state index is 12.0. The van der Waals surface area contributed by atoms with Crippen molar-refractivity contribution < 1.29 is 17.9 Å². The van der Waals surface area contributed by atoms with Crippen LogP contribution in [-0.4, -0.2) is 27.4 Å². The molecule has 0 radical (unpaired) electrons. The molecule has 0 aliphatic rings. The maximum atomic E-state index is 12.0. The molecule has 1 aromatic carbocycles. The van der Waals surface area contributed by atoms with Crippen molar-refractivity contribution in [2.45, 2.75) is 11.8 Å². The van der Waals surface area contributed by atoms with E-state index in [4.69, 9.17) is 0 Å². The minimum atomic E-state index is -3.59. The number of pyridine rings is 1. The summed E-state index contributed by atoms with van der Waals surface area (Å²) in [4.78, 5) is 12.0. The predicted octanol–water partition coefficient (Wildman–Crippen LogP) is 0.337. The van der Waals surface area contributed by atoms with Gasteiger partial charge in [0.1, 0.15) is 0 Å². The van der Waals surface area contributed by atoms with E-state index in [1.54, 1.807) is 12.1 Å². The molecule has 122 valence electrons. The molecule has 0 atom stereocenters. The highest BCUT2D eigenvalue weighted by Gasteiger charge is 2.13. The monoisotopic (exact) mass is 335 g/mol. The lowest BCUT2D eigenvalue weighted by Gasteiger charge is -2.08. The van der Waals surface area contributed by atoms with Gasteiger partial charge in [-0.2, -0.15) is 4.73 Å². The number of amides is 1. The van der Waals surface area contributed by atoms with E-state index < -0.39 is 10.0 Å². The van der Waals surface area contributed by atoms with Crippen LogP contribution in [0.5, 0.6) is 0 Å². The van der Waals surface area contributed by atoms with E-state index in [-0.39, 0.29) is 23.9 Å². The normalized spacial score (nSPS) is 11.2. The number of aryl methyl sites for hydroxylation is 1. The van der Waals surface area contributed by atoms with Gasteiger partial charge in [0, 0.05) is 25.2 Å². The van der Waals surface area contributed by atoms with Crippen LogP contribution < -0.4 is 14.8 Å². The van der Waals surface area contributed by atoms with Crippen LogP contribution in [-0.2, 0) is 10.0 Å². The zero-order valence-electron chi connectivity index (χ0n) is 12.5. The molecular formula is C15H17N3O4S. The van der Waals surface area contributed by atoms with Crippen LogP contribution in [0.25, 0.3) is 0 Å². The number of nitrogens with zero attached hydrogens (tertiary/aromatic N) is 1. The van der Waals surface area contributed by atoms with Gasteiger partial charge in [-0.25, -0.2) is 13.1 Å². The number of hydrogen-bond donors (Lipinski definition) is 2. The summed E-state index contributed by atoms with van der Waals surface area (Å²) in [6.45, 7) is 2.07. The molecule has 0 spiro atoms. The van der Waals surface area contributed by atoms with Crippen LogP contribution >= 0.6 is 0 Å². The number of benzene rings is 1. The zero-order chi connectivity index (χ0) is 16.9. The Labute approximate surface area is 134 Å². The second kappa shape index (κ2) is 7.21. The van der Waals surface area contributed by atoms with Crippen molar-refractivity contribution >= 4 is 15.9 Å². The fraction of sp³-hybridized carbons (Fsp3) is 0.200. The van der Waals surface area contributed by atoms with E-state index in [9.17, 15) is 18.4 Å². The summed E-state index contributed by atoms with van der Waals surface area (Å²) in [6.07, 6.45) is 2.43. The molecule has 8 heteroatoms. The lowest BCUT2D eigenvalue weighted by atomic mass is 10.2. The van der Waals surface area contributed by atoms with E-state index in [0.717, 1.165) is 5.56 Å². The molecule has 0 bridgehead atoms. The Morgan fingerprint density at radius 3 is 2.30 bits per heavy atom. The highest BCUT2D eigenvalue weighted by molar-refractivity contribution is 7.89. The van der Waals surface area contributed by atoms with Crippen molar-refractivity contribution in [2.75, 3.05) is 13.1 Å². The average Bonchev–Trinajstić information content (AvgIpc) is 2.52. The number of nitrogens with one attached hydrogen (secondary N) is 2. The SMILES string of the molecule is Cc1ccc(S(=O)(=O)NCCNC(=O)c2cc[n+]([O-])cc2)cc1. The molecule has 2 aromatic rings. The highest BCUT2D eigenvalue weighted by Crippen LogP contribution is 2.09. The minimum Gasteiger partial charge on any atom is -0.619 e. The molecule has 0 unspecified atom stereocenters. The Bertz CT molecular complexity index is 771. The van der Waals surface area contributed by atoms with Gasteiger partial charge in [-0.05, 0) is 19.1 Å². The van der Waals surface area contributed by atoms with Gasteiger partial charge in [0.15, 0.2) is 12.4 Å². The Kier molecular flexibility index (Phi) is 5.30. The van der Waals surface area contributed by atoms with Crippen LogP contribution in [0.1, 0.15) is 15.9 Å². The number of hydrogen-bond acceptors (Lipinski definition) is 4. The first-order valence-electron chi connectivity index (χ1n) is 6.92. The molecule has 0 saturated heterocycles. The molecule has 1 heterocycles. The molecule has 2 rings (SSSR count). The van der Waals surface area contributed by atoms with Crippen LogP contribution in [0.15, 0.2) is 53.7 Å². The third kappa shape index (κ3) is 4.76. The highest BCUT2D eigenvalue weighted by atomic mass is 32.2. The van der Waals surface area contributed by atoms with E-state index in [1.165, 1.54) is 36.7 Å². The fourth-order valence-corrected chi connectivity index (χ4v) is 2.86. The summed E-state index contributed by atoms with van der Waals surface area (Å²) in [7, 11) is -3.59. The van der Waals surface area contributed by atoms with Crippen LogP contribution in [0.4, 0.5) is 0 Å². The molecule has 0 fully saturated rings. The van der Waals surface area contributed by atoms with Crippen molar-refractivity contribution in [2.24, 2.45) is 0 Å². The Morgan fingerprint density at radius 1 is 1.09 bits per heavy atom. The zero-order valence-corrected chi connectivity index (χ0v) is 13.3. The Hall–Kier alpha value is -2.45. The molecule has 0 aliphatic heterocycles. The third-order valence-electron chi connectivity index (χ3n) is 3.10. The van der Waals surface area contributed by atoms with Gasteiger partial charge >= 0.3 is 0 Å². The first-order valence-corrected chi connectivity index (χ1v) is 8.40. The Morgan fingerprint density at radius 2 is 1.70 bits per heavy atom. The molecule has 7 nitrogen and oxygen atoms in total. The second-order valence-electron chi connectivity index (χ2n) is 4.91. The van der Waals surface area contributed by atoms with E-state index in [1.807, 2.05) is 6.92 Å². The molecule has 0 aliphatic carbocycles. The summed E-state index contributed by atoms with van der Waals surface area (Å²) >= 11 is 0. The molecule has 2 N–H and O–H groups in total. The molecule has 1 aromatic heterocycles. The maximum Gasteiger partial charge on any atom is 0.251 e. The van der Waals surface area contributed by atoms with Gasteiger partial charge < -0.3 is 10.5 Å². The standard InChI is InChI=1S/C15H17N3O4S/c1-12-2-4-14(5-3-12)23(21,22)17-9-8-16-15(19)13-6-10-18(20)11-7-13/h2-7,10-11,17H,8-9H2,1H3,(H,16,19). The first-order chi connectivity index (χ1) is 10.9. The van der Waals surface area contributed by atoms with Crippen LogP contribution in [0.2, 0.25) is 0 Å². The van der Waals surface area contributed by atoms with E-state index >= 15 is 0 Å². The summed E-state index contributed by atoms with van der Waals surface area (Å²) in [6, 6.07) is 9.26. The second-order valence-corrected chi connectivity index (χ2v) is 6.68. The third-order valence-corrected chi connectivity index (χ3v) is 4.58. The lowest BCUT2D eigenvalue weighted by Crippen LogP contribution is -2.35. The summed E-state index contributed by atoms with van der Waals surface area (Å²) in [5.41, 5.74) is 1.30. The summed E-state index contributed by atoms with van der Waals surface area (Å²) in [5.74, 6) is -0.375. The lowest BCUT2D eigenvalue weighted by molar-refractivity contribution is -0.605. The largest absolute Gasteiger partial charge is 0.619 e. The summed E-state index contributed by atoms with van der Waals surface area (Å²) < 4.78 is 27.1. The molecule has 23 heavy (non-hydrogen) atoms. The van der Waals surface area contributed by atoms with Gasteiger partial charge in [0.25, 0.3) is 5.91 Å². The van der Waals surface area contributed by atoms with Crippen molar-refractivity contribution in [1.82, 2.24) is 10.0 Å².